The van der Waals surface area contributed by atoms with Gasteiger partial charge in [0.2, 0.25) is 0 Å². The van der Waals surface area contributed by atoms with Crippen molar-refractivity contribution in [2.75, 3.05) is 6.61 Å². The number of carboxylic acid groups (broad SMARTS) is 1. The molecule has 0 aliphatic carbocycles. The minimum Gasteiger partial charge on any atom is -0.482 e. The van der Waals surface area contributed by atoms with Crippen LogP contribution in [0, 0.1) is 13.8 Å². The lowest BCUT2D eigenvalue weighted by Gasteiger charge is -2.11. The second-order valence-corrected chi connectivity index (χ2v) is 9.82. The summed E-state index contributed by atoms with van der Waals surface area (Å²) in [4.78, 5) is 21.9. The smallest absolute Gasteiger partial charge is 0.416 e. The van der Waals surface area contributed by atoms with Gasteiger partial charge in [-0.05, 0) is 48.7 Å². The molecule has 6 nitrogen and oxygen atoms in total. The van der Waals surface area contributed by atoms with Gasteiger partial charge in [0.15, 0.2) is 13.2 Å². The molecule has 0 atom stereocenters. The van der Waals surface area contributed by atoms with E-state index in [9.17, 15) is 18.0 Å². The second kappa shape index (κ2) is 12.1. The van der Waals surface area contributed by atoms with E-state index >= 15 is 0 Å². The molecule has 0 saturated heterocycles. The number of benzene rings is 3. The van der Waals surface area contributed by atoms with Crippen molar-refractivity contribution in [2.24, 2.45) is 5.16 Å². The fourth-order valence-electron chi connectivity index (χ4n) is 3.79. The SMILES string of the molecule is Cc1cc(CC(=NOCc2sc(-c3ccc(C(F)(F)F)cc3)nc2C)c2ccccc2)ccc1OCC(=O)O. The number of carbonyl (C=O) groups is 1. The van der Waals surface area contributed by atoms with E-state index in [1.807, 2.05) is 56.3 Å². The van der Waals surface area contributed by atoms with Crippen LogP contribution in [0.5, 0.6) is 5.75 Å². The maximum absolute atomic E-state index is 12.9. The first-order chi connectivity index (χ1) is 18.6. The topological polar surface area (TPSA) is 81.0 Å². The molecule has 0 radical (unpaired) electrons. The molecule has 4 aromatic rings. The van der Waals surface area contributed by atoms with Gasteiger partial charge < -0.3 is 14.7 Å². The third-order valence-electron chi connectivity index (χ3n) is 5.79. The van der Waals surface area contributed by atoms with E-state index in [1.54, 1.807) is 6.07 Å². The lowest BCUT2D eigenvalue weighted by Crippen LogP contribution is -2.10. The third kappa shape index (κ3) is 7.44. The Morgan fingerprint density at radius 3 is 2.38 bits per heavy atom. The number of halogens is 3. The number of nitrogens with zero attached hydrogens (tertiary/aromatic N) is 2. The van der Waals surface area contributed by atoms with Gasteiger partial charge in [0, 0.05) is 12.0 Å². The van der Waals surface area contributed by atoms with Crippen molar-refractivity contribution in [3.8, 4) is 16.3 Å². The highest BCUT2D eigenvalue weighted by molar-refractivity contribution is 7.15. The number of alkyl halides is 3. The highest BCUT2D eigenvalue weighted by atomic mass is 32.1. The van der Waals surface area contributed by atoms with Crippen molar-refractivity contribution in [3.05, 3.63) is 106 Å². The molecule has 202 valence electrons. The lowest BCUT2D eigenvalue weighted by atomic mass is 10.0. The van der Waals surface area contributed by atoms with Crippen LogP contribution in [0.2, 0.25) is 0 Å². The normalized spacial score (nSPS) is 11.9. The Morgan fingerprint density at radius 2 is 1.74 bits per heavy atom. The number of carboxylic acids is 1. The zero-order valence-corrected chi connectivity index (χ0v) is 22.0. The largest absolute Gasteiger partial charge is 0.482 e. The Bertz CT molecular complexity index is 1470. The van der Waals surface area contributed by atoms with Crippen LogP contribution in [0.1, 0.15) is 32.8 Å². The Morgan fingerprint density at radius 1 is 1.03 bits per heavy atom. The van der Waals surface area contributed by atoms with Crippen LogP contribution < -0.4 is 4.74 Å². The highest BCUT2D eigenvalue weighted by Crippen LogP contribution is 2.33. The molecule has 4 rings (SSSR count). The van der Waals surface area contributed by atoms with Gasteiger partial charge in [0.1, 0.15) is 10.8 Å². The number of aliphatic carboxylic acids is 1. The van der Waals surface area contributed by atoms with Crippen LogP contribution in [-0.4, -0.2) is 28.4 Å². The van der Waals surface area contributed by atoms with Crippen molar-refractivity contribution >= 4 is 23.0 Å². The summed E-state index contributed by atoms with van der Waals surface area (Å²) < 4.78 is 44.0. The van der Waals surface area contributed by atoms with Gasteiger partial charge in [-0.2, -0.15) is 13.2 Å². The molecule has 1 N–H and O–H groups in total. The fraction of sp³-hybridized carbons (Fsp3) is 0.207. The number of thiazole rings is 1. The van der Waals surface area contributed by atoms with Crippen LogP contribution in [0.3, 0.4) is 0 Å². The summed E-state index contributed by atoms with van der Waals surface area (Å²) in [5.41, 5.74) is 3.94. The maximum Gasteiger partial charge on any atom is 0.416 e. The number of rotatable bonds is 10. The summed E-state index contributed by atoms with van der Waals surface area (Å²) in [6, 6.07) is 20.0. The van der Waals surface area contributed by atoms with E-state index < -0.39 is 24.3 Å². The molecule has 1 heterocycles. The Hall–Kier alpha value is -4.18. The van der Waals surface area contributed by atoms with Gasteiger partial charge in [-0.25, -0.2) is 9.78 Å². The zero-order chi connectivity index (χ0) is 28.0. The number of hydrogen-bond acceptors (Lipinski definition) is 6. The van der Waals surface area contributed by atoms with E-state index in [2.05, 4.69) is 10.1 Å². The summed E-state index contributed by atoms with van der Waals surface area (Å²) >= 11 is 1.35. The van der Waals surface area contributed by atoms with E-state index in [1.165, 1.54) is 23.5 Å². The predicted molar refractivity (Wildman–Crippen MR) is 143 cm³/mol. The van der Waals surface area contributed by atoms with Crippen molar-refractivity contribution in [1.29, 1.82) is 0 Å². The predicted octanol–water partition coefficient (Wildman–Crippen LogP) is 7.07. The first-order valence-electron chi connectivity index (χ1n) is 11.9. The van der Waals surface area contributed by atoms with Crippen molar-refractivity contribution < 1.29 is 32.6 Å². The fourth-order valence-corrected chi connectivity index (χ4v) is 4.76. The van der Waals surface area contributed by atoms with Crippen molar-refractivity contribution in [3.63, 3.8) is 0 Å². The average Bonchev–Trinajstić information content (AvgIpc) is 3.28. The number of hydrogen-bond donors (Lipinski definition) is 1. The molecule has 0 saturated carbocycles. The van der Waals surface area contributed by atoms with Crippen LogP contribution in [-0.2, 0) is 28.8 Å². The molecule has 39 heavy (non-hydrogen) atoms. The molecule has 0 fully saturated rings. The standard InChI is InChI=1S/C29H25F3N2O4S/c1-18-14-20(8-13-25(18)37-17-27(35)36)15-24(21-6-4-3-5-7-21)34-38-16-26-19(2)33-28(39-26)22-9-11-23(12-10-22)29(30,31)32/h3-14H,15-17H2,1-2H3,(H,35,36). The van der Waals surface area contributed by atoms with E-state index in [0.29, 0.717) is 28.5 Å². The summed E-state index contributed by atoms with van der Waals surface area (Å²) in [6.07, 6.45) is -3.93. The number of ether oxygens (including phenoxy) is 1. The first kappa shape index (κ1) is 27.8. The molecule has 0 spiro atoms. The van der Waals surface area contributed by atoms with E-state index in [4.69, 9.17) is 14.7 Å². The van der Waals surface area contributed by atoms with Crippen molar-refractivity contribution in [2.45, 2.75) is 33.1 Å². The molecule has 3 aromatic carbocycles. The maximum atomic E-state index is 12.9. The van der Waals surface area contributed by atoms with Crippen LogP contribution in [0.25, 0.3) is 10.6 Å². The number of aromatic nitrogens is 1. The summed E-state index contributed by atoms with van der Waals surface area (Å²) in [5, 5.41) is 13.9. The number of aryl methyl sites for hydroxylation is 2. The van der Waals surface area contributed by atoms with E-state index in [0.717, 1.165) is 39.4 Å². The summed E-state index contributed by atoms with van der Waals surface area (Å²) in [5.74, 6) is -0.545. The Balaban J connectivity index is 1.49. The van der Waals surface area contributed by atoms with E-state index in [-0.39, 0.29) is 6.61 Å². The second-order valence-electron chi connectivity index (χ2n) is 8.74. The summed E-state index contributed by atoms with van der Waals surface area (Å²) in [7, 11) is 0. The molecule has 0 aliphatic rings. The van der Waals surface area contributed by atoms with Gasteiger partial charge in [-0.1, -0.05) is 59.8 Å². The number of oxime groups is 1. The van der Waals surface area contributed by atoms with Crippen LogP contribution in [0.4, 0.5) is 13.2 Å². The lowest BCUT2D eigenvalue weighted by molar-refractivity contribution is -0.139. The van der Waals surface area contributed by atoms with Crippen molar-refractivity contribution in [1.82, 2.24) is 4.98 Å². The molecular formula is C29H25F3N2O4S. The quantitative estimate of drug-likeness (QED) is 0.167. The monoisotopic (exact) mass is 554 g/mol. The minimum absolute atomic E-state index is 0.154. The molecule has 10 heteroatoms. The van der Waals surface area contributed by atoms with Gasteiger partial charge >= 0.3 is 12.1 Å². The molecule has 0 amide bonds. The Kier molecular flexibility index (Phi) is 8.65. The van der Waals surface area contributed by atoms with Crippen LogP contribution >= 0.6 is 11.3 Å². The molecule has 0 bridgehead atoms. The van der Waals surface area contributed by atoms with Gasteiger partial charge in [-0.3, -0.25) is 0 Å². The van der Waals surface area contributed by atoms with Crippen LogP contribution in [0.15, 0.2) is 78.0 Å². The van der Waals surface area contributed by atoms with Gasteiger partial charge in [-0.15, -0.1) is 11.3 Å². The molecule has 1 aromatic heterocycles. The minimum atomic E-state index is -4.39. The third-order valence-corrected chi connectivity index (χ3v) is 6.97. The Labute approximate surface area is 227 Å². The molecule has 0 aliphatic heterocycles. The zero-order valence-electron chi connectivity index (χ0n) is 21.2. The summed E-state index contributed by atoms with van der Waals surface area (Å²) in [6.45, 7) is 3.41. The molecular weight excluding hydrogens is 529 g/mol. The first-order valence-corrected chi connectivity index (χ1v) is 12.7. The van der Waals surface area contributed by atoms with Gasteiger partial charge in [0.25, 0.3) is 0 Å². The highest BCUT2D eigenvalue weighted by Gasteiger charge is 2.30. The average molecular weight is 555 g/mol. The van der Waals surface area contributed by atoms with Gasteiger partial charge in [0.05, 0.1) is 21.8 Å². The molecule has 0 unspecified atom stereocenters.